The van der Waals surface area contributed by atoms with E-state index in [9.17, 15) is 4.79 Å². The Kier molecular flexibility index (Phi) is 3.93. The number of benzene rings is 2. The van der Waals surface area contributed by atoms with Crippen LogP contribution in [0.5, 0.6) is 0 Å². The van der Waals surface area contributed by atoms with Gasteiger partial charge in [-0.15, -0.1) is 0 Å². The topological polar surface area (TPSA) is 64.2 Å². The molecule has 0 fully saturated rings. The summed E-state index contributed by atoms with van der Waals surface area (Å²) in [6.07, 6.45) is 4.24. The molecule has 0 atom stereocenters. The van der Waals surface area contributed by atoms with Gasteiger partial charge in [-0.1, -0.05) is 18.2 Å². The van der Waals surface area contributed by atoms with Gasteiger partial charge in [-0.25, -0.2) is 0 Å². The summed E-state index contributed by atoms with van der Waals surface area (Å²) < 4.78 is 7.67. The first-order valence-electron chi connectivity index (χ1n) is 10.3. The van der Waals surface area contributed by atoms with Gasteiger partial charge in [-0.3, -0.25) is 14.5 Å². The van der Waals surface area contributed by atoms with Gasteiger partial charge >= 0.3 is 0 Å². The lowest BCUT2D eigenvalue weighted by Crippen LogP contribution is -2.36. The fourth-order valence-electron chi connectivity index (χ4n) is 4.60. The molecule has 4 heterocycles. The number of amides is 1. The molecule has 0 unspecified atom stereocenters. The van der Waals surface area contributed by atoms with Crippen LogP contribution in [0.4, 0.5) is 0 Å². The van der Waals surface area contributed by atoms with Crippen molar-refractivity contribution in [2.75, 3.05) is 6.54 Å². The smallest absolute Gasteiger partial charge is 0.254 e. The molecule has 3 aromatic heterocycles. The number of nitrogens with zero attached hydrogens (tertiary/aromatic N) is 4. The summed E-state index contributed by atoms with van der Waals surface area (Å²) in [5, 5.41) is 6.81. The van der Waals surface area contributed by atoms with Crippen LogP contribution < -0.4 is 0 Å². The van der Waals surface area contributed by atoms with Gasteiger partial charge in [-0.2, -0.15) is 5.10 Å². The highest BCUT2D eigenvalue weighted by Gasteiger charge is 2.28. The molecule has 0 N–H and O–H groups in total. The first kappa shape index (κ1) is 17.9. The highest BCUT2D eigenvalue weighted by Crippen LogP contribution is 2.35. The quantitative estimate of drug-likeness (QED) is 0.429. The zero-order valence-electron chi connectivity index (χ0n) is 17.1. The summed E-state index contributed by atoms with van der Waals surface area (Å²) in [4.78, 5) is 19.4. The maximum Gasteiger partial charge on any atom is 0.254 e. The number of fused-ring (bicyclic) bond motifs is 3. The Morgan fingerprint density at radius 1 is 1.06 bits per heavy atom. The van der Waals surface area contributed by atoms with Gasteiger partial charge in [0.25, 0.3) is 5.91 Å². The Bertz CT molecular complexity index is 1460. The van der Waals surface area contributed by atoms with E-state index in [2.05, 4.69) is 11.1 Å². The van der Waals surface area contributed by atoms with Gasteiger partial charge in [0.15, 0.2) is 0 Å². The molecule has 1 aliphatic heterocycles. The number of aromatic nitrogens is 3. The van der Waals surface area contributed by atoms with Crippen molar-refractivity contribution in [1.29, 1.82) is 0 Å². The normalized spacial score (nSPS) is 13.6. The Morgan fingerprint density at radius 3 is 2.90 bits per heavy atom. The molecule has 6 heteroatoms. The van der Waals surface area contributed by atoms with Gasteiger partial charge in [0, 0.05) is 47.3 Å². The minimum atomic E-state index is 0.0248. The summed E-state index contributed by atoms with van der Waals surface area (Å²) in [7, 11) is 1.96. The third-order valence-corrected chi connectivity index (χ3v) is 6.07. The Morgan fingerprint density at radius 2 is 1.97 bits per heavy atom. The lowest BCUT2D eigenvalue weighted by Gasteiger charge is -2.26. The van der Waals surface area contributed by atoms with Crippen LogP contribution in [0.2, 0.25) is 0 Å². The van der Waals surface area contributed by atoms with Crippen molar-refractivity contribution in [2.24, 2.45) is 7.05 Å². The molecule has 0 spiro atoms. The van der Waals surface area contributed by atoms with E-state index in [4.69, 9.17) is 9.52 Å². The van der Waals surface area contributed by atoms with E-state index in [1.807, 2.05) is 65.2 Å². The summed E-state index contributed by atoms with van der Waals surface area (Å²) >= 11 is 0. The molecule has 31 heavy (non-hydrogen) atoms. The zero-order chi connectivity index (χ0) is 20.9. The van der Waals surface area contributed by atoms with E-state index >= 15 is 0 Å². The monoisotopic (exact) mass is 408 g/mol. The minimum absolute atomic E-state index is 0.0248. The van der Waals surface area contributed by atoms with Crippen LogP contribution in [0.15, 0.2) is 71.5 Å². The minimum Gasteiger partial charge on any atom is -0.464 e. The van der Waals surface area contributed by atoms with E-state index in [0.717, 1.165) is 45.2 Å². The van der Waals surface area contributed by atoms with E-state index < -0.39 is 0 Å². The molecular formula is C25H20N4O2. The van der Waals surface area contributed by atoms with Crippen LogP contribution >= 0.6 is 0 Å². The van der Waals surface area contributed by atoms with Gasteiger partial charge in [0.1, 0.15) is 5.58 Å². The second kappa shape index (κ2) is 6.80. The van der Waals surface area contributed by atoms with Crippen molar-refractivity contribution in [3.05, 3.63) is 83.9 Å². The average molecular weight is 408 g/mol. The number of carbonyl (C=O) groups is 1. The highest BCUT2D eigenvalue weighted by molar-refractivity contribution is 5.98. The molecular weight excluding hydrogens is 388 g/mol. The van der Waals surface area contributed by atoms with Gasteiger partial charge in [0.05, 0.1) is 29.7 Å². The Hall–Kier alpha value is -3.93. The van der Waals surface area contributed by atoms with Crippen molar-refractivity contribution >= 4 is 27.8 Å². The standard InChI is InChI=1S/C25H20N4O2/c1-28-23(20-6-2-4-16-10-13-31-24(16)20)19-9-12-29(15-22(19)27-28)25(30)18-7-8-21-17(14-18)5-3-11-26-21/h2-8,10-11,13-14H,9,12,15H2,1H3. The molecule has 0 radical (unpaired) electrons. The molecule has 0 bridgehead atoms. The summed E-state index contributed by atoms with van der Waals surface area (Å²) in [6.45, 7) is 1.16. The number of hydrogen-bond acceptors (Lipinski definition) is 4. The van der Waals surface area contributed by atoms with E-state index in [1.165, 1.54) is 5.56 Å². The fraction of sp³-hybridized carbons (Fsp3) is 0.160. The molecule has 6 nitrogen and oxygen atoms in total. The molecule has 1 amide bonds. The predicted molar refractivity (Wildman–Crippen MR) is 119 cm³/mol. The van der Waals surface area contributed by atoms with Crippen LogP contribution in [0.1, 0.15) is 21.6 Å². The van der Waals surface area contributed by atoms with Crippen molar-refractivity contribution in [2.45, 2.75) is 13.0 Å². The number of aryl methyl sites for hydroxylation is 1. The molecule has 2 aromatic carbocycles. The van der Waals surface area contributed by atoms with E-state index in [1.54, 1.807) is 12.5 Å². The molecule has 0 aliphatic carbocycles. The summed E-state index contributed by atoms with van der Waals surface area (Å²) in [6, 6.07) is 17.7. The number of para-hydroxylation sites is 1. The average Bonchev–Trinajstić information content (AvgIpc) is 3.41. The first-order valence-corrected chi connectivity index (χ1v) is 10.3. The van der Waals surface area contributed by atoms with Crippen LogP contribution in [0.25, 0.3) is 33.1 Å². The van der Waals surface area contributed by atoms with Gasteiger partial charge < -0.3 is 9.32 Å². The number of pyridine rings is 1. The van der Waals surface area contributed by atoms with Crippen molar-refractivity contribution in [1.82, 2.24) is 19.7 Å². The van der Waals surface area contributed by atoms with Crippen LogP contribution in [-0.2, 0) is 20.0 Å². The van der Waals surface area contributed by atoms with Crippen molar-refractivity contribution < 1.29 is 9.21 Å². The third-order valence-electron chi connectivity index (χ3n) is 6.07. The summed E-state index contributed by atoms with van der Waals surface area (Å²) in [5.41, 5.74) is 6.69. The Labute approximate surface area is 178 Å². The molecule has 0 saturated carbocycles. The maximum atomic E-state index is 13.2. The lowest BCUT2D eigenvalue weighted by atomic mass is 9.98. The largest absolute Gasteiger partial charge is 0.464 e. The Balaban J connectivity index is 1.34. The second-order valence-corrected chi connectivity index (χ2v) is 7.93. The highest BCUT2D eigenvalue weighted by atomic mass is 16.3. The number of rotatable bonds is 2. The fourth-order valence-corrected chi connectivity index (χ4v) is 4.60. The van der Waals surface area contributed by atoms with E-state index in [-0.39, 0.29) is 5.91 Å². The van der Waals surface area contributed by atoms with Crippen LogP contribution in [0, 0.1) is 0 Å². The zero-order valence-corrected chi connectivity index (χ0v) is 17.1. The van der Waals surface area contributed by atoms with Crippen LogP contribution in [-0.4, -0.2) is 32.1 Å². The lowest BCUT2D eigenvalue weighted by molar-refractivity contribution is 0.0732. The third kappa shape index (κ3) is 2.83. The predicted octanol–water partition coefficient (Wildman–Crippen LogP) is 4.58. The number of furan rings is 1. The molecule has 6 rings (SSSR count). The molecule has 152 valence electrons. The van der Waals surface area contributed by atoms with Gasteiger partial charge in [-0.05, 0) is 42.8 Å². The maximum absolute atomic E-state index is 13.2. The molecule has 5 aromatic rings. The first-order chi connectivity index (χ1) is 15.2. The SMILES string of the molecule is Cn1nc2c(c1-c1cccc3ccoc13)CCN(C(=O)c1ccc3ncccc3c1)C2. The second-order valence-electron chi connectivity index (χ2n) is 7.93. The van der Waals surface area contributed by atoms with Gasteiger partial charge in [0.2, 0.25) is 0 Å². The van der Waals surface area contributed by atoms with Crippen molar-refractivity contribution in [3.8, 4) is 11.3 Å². The number of carbonyl (C=O) groups excluding carboxylic acids is 1. The number of hydrogen-bond donors (Lipinski definition) is 0. The van der Waals surface area contributed by atoms with E-state index in [0.29, 0.717) is 18.7 Å². The molecule has 1 aliphatic rings. The van der Waals surface area contributed by atoms with Crippen LogP contribution in [0.3, 0.4) is 0 Å². The molecule has 0 saturated heterocycles. The van der Waals surface area contributed by atoms with Crippen molar-refractivity contribution in [3.63, 3.8) is 0 Å². The summed E-state index contributed by atoms with van der Waals surface area (Å²) in [5.74, 6) is 0.0248.